The fraction of sp³-hybridized carbons (Fsp3) is 0.583. The lowest BCUT2D eigenvalue weighted by Crippen LogP contribution is -2.29. The molecular formula is C12H17N3O5. The molecule has 8 nitrogen and oxygen atoms in total. The lowest BCUT2D eigenvalue weighted by atomic mass is 10.2. The summed E-state index contributed by atoms with van der Waals surface area (Å²) in [7, 11) is 0. The monoisotopic (exact) mass is 283 g/mol. The minimum absolute atomic E-state index is 0.200. The highest BCUT2D eigenvalue weighted by molar-refractivity contribution is 5.88. The molecule has 1 aromatic heterocycles. The number of carbonyl (C=O) groups excluding carboxylic acids is 1. The predicted molar refractivity (Wildman–Crippen MR) is 69.2 cm³/mol. The number of carbonyl (C=O) groups is 1. The summed E-state index contributed by atoms with van der Waals surface area (Å²) in [6.07, 6.45) is -0.495. The van der Waals surface area contributed by atoms with Gasteiger partial charge >= 0.3 is 5.69 Å². The van der Waals surface area contributed by atoms with Crippen molar-refractivity contribution in [2.45, 2.75) is 38.7 Å². The molecule has 1 aromatic rings. The SMILES string of the molecule is CC(=O)Nc1nc(=O)n([C@H]2C[C@H](O)[C@@H](CO)O2)cc1C. The minimum Gasteiger partial charge on any atom is -0.394 e. The second-order valence-corrected chi connectivity index (χ2v) is 4.76. The second-order valence-electron chi connectivity index (χ2n) is 4.76. The van der Waals surface area contributed by atoms with Crippen LogP contribution >= 0.6 is 0 Å². The number of aryl methyl sites for hydroxylation is 1. The van der Waals surface area contributed by atoms with E-state index in [1.165, 1.54) is 17.7 Å². The number of hydrogen-bond acceptors (Lipinski definition) is 6. The molecule has 1 aliphatic rings. The third-order valence-corrected chi connectivity index (χ3v) is 3.12. The Balaban J connectivity index is 2.28. The van der Waals surface area contributed by atoms with E-state index in [1.54, 1.807) is 6.92 Å². The smallest absolute Gasteiger partial charge is 0.351 e. The maximum absolute atomic E-state index is 11.9. The lowest BCUT2D eigenvalue weighted by molar-refractivity contribution is -0.114. The first-order valence-electron chi connectivity index (χ1n) is 6.24. The van der Waals surface area contributed by atoms with E-state index in [0.717, 1.165) is 0 Å². The fourth-order valence-corrected chi connectivity index (χ4v) is 2.12. The average Bonchev–Trinajstić information content (AvgIpc) is 2.74. The van der Waals surface area contributed by atoms with E-state index in [2.05, 4.69) is 10.3 Å². The molecule has 1 saturated heterocycles. The van der Waals surface area contributed by atoms with Gasteiger partial charge in [-0.3, -0.25) is 9.36 Å². The summed E-state index contributed by atoms with van der Waals surface area (Å²) in [6.45, 7) is 2.71. The molecule has 20 heavy (non-hydrogen) atoms. The summed E-state index contributed by atoms with van der Waals surface area (Å²) in [5.41, 5.74) is 0.0143. The lowest BCUT2D eigenvalue weighted by Gasteiger charge is -2.16. The summed E-state index contributed by atoms with van der Waals surface area (Å²) in [6, 6.07) is 0. The van der Waals surface area contributed by atoms with Crippen molar-refractivity contribution in [1.82, 2.24) is 9.55 Å². The van der Waals surface area contributed by atoms with Crippen LogP contribution in [0.5, 0.6) is 0 Å². The van der Waals surface area contributed by atoms with Crippen LogP contribution in [-0.2, 0) is 9.53 Å². The van der Waals surface area contributed by atoms with E-state index in [0.29, 0.717) is 5.56 Å². The predicted octanol–water partition coefficient (Wildman–Crippen LogP) is -0.849. The number of anilines is 1. The standard InChI is InChI=1S/C12H17N3O5/c1-6-4-15(10-3-8(18)9(5-16)20-10)12(19)14-11(6)13-7(2)17/h4,8-10,16,18H,3,5H2,1-2H3,(H,13,14,17,19)/t8-,9+,10+/m0/s1. The van der Waals surface area contributed by atoms with Crippen molar-refractivity contribution in [3.05, 3.63) is 22.2 Å². The molecule has 0 saturated carbocycles. The molecule has 2 heterocycles. The van der Waals surface area contributed by atoms with Crippen molar-refractivity contribution in [3.63, 3.8) is 0 Å². The number of nitrogens with one attached hydrogen (secondary N) is 1. The Morgan fingerprint density at radius 1 is 1.65 bits per heavy atom. The first-order chi connectivity index (χ1) is 9.42. The van der Waals surface area contributed by atoms with E-state index in [1.807, 2.05) is 0 Å². The highest BCUT2D eigenvalue weighted by atomic mass is 16.5. The first kappa shape index (κ1) is 14.6. The summed E-state index contributed by atoms with van der Waals surface area (Å²) in [5, 5.41) is 21.2. The normalized spacial score (nSPS) is 25.7. The highest BCUT2D eigenvalue weighted by Crippen LogP contribution is 2.27. The van der Waals surface area contributed by atoms with Gasteiger partial charge in [0.15, 0.2) is 0 Å². The van der Waals surface area contributed by atoms with Crippen molar-refractivity contribution >= 4 is 11.7 Å². The van der Waals surface area contributed by atoms with Crippen LogP contribution in [0.25, 0.3) is 0 Å². The zero-order valence-electron chi connectivity index (χ0n) is 11.2. The fourth-order valence-electron chi connectivity index (χ4n) is 2.12. The van der Waals surface area contributed by atoms with Crippen molar-refractivity contribution < 1.29 is 19.7 Å². The van der Waals surface area contributed by atoms with Crippen molar-refractivity contribution in [2.75, 3.05) is 11.9 Å². The summed E-state index contributed by atoms with van der Waals surface area (Å²) in [5.74, 6) is -0.110. The van der Waals surface area contributed by atoms with Gasteiger partial charge in [-0.15, -0.1) is 0 Å². The van der Waals surface area contributed by atoms with Gasteiger partial charge in [-0.05, 0) is 6.92 Å². The van der Waals surface area contributed by atoms with Gasteiger partial charge in [-0.2, -0.15) is 4.98 Å². The van der Waals surface area contributed by atoms with Crippen LogP contribution in [0.15, 0.2) is 11.0 Å². The second kappa shape index (κ2) is 5.70. The highest BCUT2D eigenvalue weighted by Gasteiger charge is 2.35. The van der Waals surface area contributed by atoms with Gasteiger partial charge in [0.1, 0.15) is 18.1 Å². The largest absolute Gasteiger partial charge is 0.394 e. The Morgan fingerprint density at radius 3 is 2.90 bits per heavy atom. The molecule has 0 spiro atoms. The summed E-state index contributed by atoms with van der Waals surface area (Å²) >= 11 is 0. The number of aliphatic hydroxyl groups is 2. The molecular weight excluding hydrogens is 266 g/mol. The molecule has 0 bridgehead atoms. The van der Waals surface area contributed by atoms with Crippen LogP contribution in [0, 0.1) is 6.92 Å². The Hall–Kier alpha value is -1.77. The van der Waals surface area contributed by atoms with Crippen molar-refractivity contribution in [3.8, 4) is 0 Å². The molecule has 1 amide bonds. The number of nitrogens with zero attached hydrogens (tertiary/aromatic N) is 2. The third kappa shape index (κ3) is 2.87. The van der Waals surface area contributed by atoms with Crippen LogP contribution in [0.1, 0.15) is 25.1 Å². The zero-order chi connectivity index (χ0) is 14.9. The average molecular weight is 283 g/mol. The van der Waals surface area contributed by atoms with Gasteiger partial charge < -0.3 is 20.3 Å². The van der Waals surface area contributed by atoms with Gasteiger partial charge in [0, 0.05) is 25.1 Å². The molecule has 1 fully saturated rings. The van der Waals surface area contributed by atoms with E-state index in [-0.39, 0.29) is 24.8 Å². The zero-order valence-corrected chi connectivity index (χ0v) is 11.2. The Morgan fingerprint density at radius 2 is 2.35 bits per heavy atom. The van der Waals surface area contributed by atoms with Gasteiger partial charge in [0.25, 0.3) is 0 Å². The molecule has 3 atom stereocenters. The summed E-state index contributed by atoms with van der Waals surface area (Å²) in [4.78, 5) is 26.7. The van der Waals surface area contributed by atoms with Gasteiger partial charge in [-0.25, -0.2) is 4.79 Å². The number of rotatable bonds is 3. The molecule has 0 radical (unpaired) electrons. The Labute approximate surface area is 115 Å². The van der Waals surface area contributed by atoms with Crippen LogP contribution in [0.2, 0.25) is 0 Å². The number of hydrogen-bond donors (Lipinski definition) is 3. The van der Waals surface area contributed by atoms with Crippen LogP contribution in [0.4, 0.5) is 5.82 Å². The van der Waals surface area contributed by atoms with E-state index < -0.39 is 24.1 Å². The molecule has 0 aliphatic carbocycles. The van der Waals surface area contributed by atoms with Crippen LogP contribution in [0.3, 0.4) is 0 Å². The Bertz CT molecular complexity index is 571. The van der Waals surface area contributed by atoms with E-state index in [4.69, 9.17) is 9.84 Å². The van der Waals surface area contributed by atoms with Gasteiger partial charge in [0.05, 0.1) is 12.7 Å². The summed E-state index contributed by atoms with van der Waals surface area (Å²) < 4.78 is 6.65. The first-order valence-corrected chi connectivity index (χ1v) is 6.24. The maximum Gasteiger partial charge on any atom is 0.351 e. The number of aliphatic hydroxyl groups excluding tert-OH is 2. The van der Waals surface area contributed by atoms with E-state index in [9.17, 15) is 14.7 Å². The quantitative estimate of drug-likeness (QED) is 0.666. The number of ether oxygens (including phenoxy) is 1. The number of aromatic nitrogens is 2. The van der Waals surface area contributed by atoms with Crippen LogP contribution < -0.4 is 11.0 Å². The molecule has 1 aliphatic heterocycles. The Kier molecular flexibility index (Phi) is 4.17. The molecule has 0 unspecified atom stereocenters. The topological polar surface area (TPSA) is 114 Å². The maximum atomic E-state index is 11.9. The van der Waals surface area contributed by atoms with Gasteiger partial charge in [-0.1, -0.05) is 0 Å². The molecule has 2 rings (SSSR count). The molecule has 110 valence electrons. The molecule has 0 aromatic carbocycles. The molecule has 3 N–H and O–H groups in total. The third-order valence-electron chi connectivity index (χ3n) is 3.12. The van der Waals surface area contributed by atoms with Crippen molar-refractivity contribution in [2.24, 2.45) is 0 Å². The molecule has 8 heteroatoms. The van der Waals surface area contributed by atoms with Crippen LogP contribution in [-0.4, -0.2) is 44.5 Å². The van der Waals surface area contributed by atoms with Gasteiger partial charge in [0.2, 0.25) is 5.91 Å². The minimum atomic E-state index is -0.827. The van der Waals surface area contributed by atoms with Crippen molar-refractivity contribution in [1.29, 1.82) is 0 Å². The number of amides is 1. The van der Waals surface area contributed by atoms with E-state index >= 15 is 0 Å².